The van der Waals surface area contributed by atoms with Crippen molar-refractivity contribution in [2.75, 3.05) is 19.5 Å². The first kappa shape index (κ1) is 22.6. The smallest absolute Gasteiger partial charge is 0.264 e. The summed E-state index contributed by atoms with van der Waals surface area (Å²) < 4.78 is 16.5. The van der Waals surface area contributed by atoms with E-state index >= 15 is 0 Å². The van der Waals surface area contributed by atoms with E-state index in [0.717, 1.165) is 11.1 Å². The molecule has 0 saturated heterocycles. The van der Waals surface area contributed by atoms with Crippen molar-refractivity contribution in [2.45, 2.75) is 6.92 Å². The number of benzene rings is 3. The van der Waals surface area contributed by atoms with Gasteiger partial charge in [-0.1, -0.05) is 23.7 Å². The van der Waals surface area contributed by atoms with Gasteiger partial charge in [0.25, 0.3) is 5.91 Å². The lowest BCUT2D eigenvalue weighted by atomic mass is 10.1. The number of hydrogen-bond donors (Lipinski definition) is 2. The number of amides is 1. The molecule has 0 unspecified atom stereocenters. The maximum atomic E-state index is 12.9. The van der Waals surface area contributed by atoms with Gasteiger partial charge in [-0.2, -0.15) is 0 Å². The third kappa shape index (κ3) is 4.62. The van der Waals surface area contributed by atoms with E-state index in [-0.39, 0.29) is 10.7 Å². The number of methoxy groups -OCH3 is 2. The molecule has 0 aliphatic heterocycles. The van der Waals surface area contributed by atoms with E-state index in [4.69, 9.17) is 37.7 Å². The molecule has 1 heterocycles. The number of fused-ring (bicyclic) bond motifs is 1. The first-order chi connectivity index (χ1) is 15.9. The molecule has 33 heavy (non-hydrogen) atoms. The Kier molecular flexibility index (Phi) is 6.48. The standard InChI is InChI=1S/C24H20ClN3O4S/c1-13-15(23-26-17-12-14(25)10-11-18(17)32-23)6-4-7-16(13)27-24(33)28-22(29)21-19(30-2)8-5-9-20(21)31-3/h4-12H,1-3H3,(H2,27,28,29,33). The minimum absolute atomic E-state index is 0.123. The molecule has 7 nitrogen and oxygen atoms in total. The second kappa shape index (κ2) is 9.48. The van der Waals surface area contributed by atoms with E-state index in [1.54, 1.807) is 36.4 Å². The summed E-state index contributed by atoms with van der Waals surface area (Å²) in [5, 5.41) is 6.45. The van der Waals surface area contributed by atoms with Gasteiger partial charge in [0.2, 0.25) is 5.89 Å². The van der Waals surface area contributed by atoms with Crippen LogP contribution in [-0.2, 0) is 0 Å². The van der Waals surface area contributed by atoms with Crippen LogP contribution in [-0.4, -0.2) is 30.2 Å². The second-order valence-electron chi connectivity index (χ2n) is 7.05. The van der Waals surface area contributed by atoms with E-state index in [1.807, 2.05) is 25.1 Å². The van der Waals surface area contributed by atoms with Crippen LogP contribution in [0.5, 0.6) is 11.5 Å². The number of carbonyl (C=O) groups is 1. The molecule has 3 aromatic carbocycles. The fraction of sp³-hybridized carbons (Fsp3) is 0.125. The highest BCUT2D eigenvalue weighted by Gasteiger charge is 2.20. The van der Waals surface area contributed by atoms with Crippen LogP contribution in [0.15, 0.2) is 59.0 Å². The van der Waals surface area contributed by atoms with Gasteiger partial charge >= 0.3 is 0 Å². The summed E-state index contributed by atoms with van der Waals surface area (Å²) in [6.45, 7) is 1.91. The average Bonchev–Trinajstić information content (AvgIpc) is 3.22. The summed E-state index contributed by atoms with van der Waals surface area (Å²) in [6, 6.07) is 16.0. The number of halogens is 1. The minimum Gasteiger partial charge on any atom is -0.496 e. The highest BCUT2D eigenvalue weighted by atomic mass is 35.5. The number of aromatic nitrogens is 1. The fourth-order valence-corrected chi connectivity index (χ4v) is 3.78. The summed E-state index contributed by atoms with van der Waals surface area (Å²) in [7, 11) is 2.97. The number of anilines is 1. The van der Waals surface area contributed by atoms with Crippen molar-refractivity contribution in [3.8, 4) is 23.0 Å². The van der Waals surface area contributed by atoms with Crippen molar-refractivity contribution < 1.29 is 18.7 Å². The number of nitrogens with zero attached hydrogens (tertiary/aromatic N) is 1. The third-order valence-corrected chi connectivity index (χ3v) is 5.48. The SMILES string of the molecule is COc1cccc(OC)c1C(=O)NC(=S)Nc1cccc(-c2nc3cc(Cl)ccc3o2)c1C. The van der Waals surface area contributed by atoms with E-state index in [9.17, 15) is 4.79 Å². The summed E-state index contributed by atoms with van der Waals surface area (Å²) >= 11 is 11.4. The highest BCUT2D eigenvalue weighted by molar-refractivity contribution is 7.80. The molecule has 1 amide bonds. The van der Waals surface area contributed by atoms with Gasteiger partial charge in [-0.25, -0.2) is 4.98 Å². The Morgan fingerprint density at radius 2 is 1.76 bits per heavy atom. The summed E-state index contributed by atoms with van der Waals surface area (Å²) in [5.74, 6) is 0.765. The van der Waals surface area contributed by atoms with E-state index in [1.165, 1.54) is 14.2 Å². The first-order valence-corrected chi connectivity index (χ1v) is 10.7. The van der Waals surface area contributed by atoms with Crippen LogP contribution in [0, 0.1) is 6.92 Å². The molecule has 0 saturated carbocycles. The molecule has 0 aliphatic rings. The quantitative estimate of drug-likeness (QED) is 0.359. The molecule has 0 spiro atoms. The summed E-state index contributed by atoms with van der Waals surface area (Å²) in [6.07, 6.45) is 0. The van der Waals surface area contributed by atoms with Crippen LogP contribution in [0.3, 0.4) is 0 Å². The Bertz CT molecular complexity index is 1350. The number of oxazole rings is 1. The predicted molar refractivity (Wildman–Crippen MR) is 132 cm³/mol. The zero-order valence-electron chi connectivity index (χ0n) is 18.1. The molecule has 0 atom stereocenters. The molecular weight excluding hydrogens is 462 g/mol. The van der Waals surface area contributed by atoms with Crippen molar-refractivity contribution in [2.24, 2.45) is 0 Å². The van der Waals surface area contributed by atoms with Gasteiger partial charge in [-0.05, 0) is 67.2 Å². The van der Waals surface area contributed by atoms with Crippen molar-refractivity contribution >= 4 is 51.6 Å². The number of thiocarbonyl (C=S) groups is 1. The maximum absolute atomic E-state index is 12.9. The molecule has 0 aliphatic carbocycles. The van der Waals surface area contributed by atoms with E-state index in [0.29, 0.717) is 39.2 Å². The maximum Gasteiger partial charge on any atom is 0.264 e. The van der Waals surface area contributed by atoms with Gasteiger partial charge < -0.3 is 19.2 Å². The normalized spacial score (nSPS) is 10.7. The van der Waals surface area contributed by atoms with Crippen LogP contribution >= 0.6 is 23.8 Å². The number of carbonyl (C=O) groups excluding carboxylic acids is 1. The lowest BCUT2D eigenvalue weighted by Gasteiger charge is -2.15. The molecule has 0 fully saturated rings. The molecule has 4 rings (SSSR count). The molecule has 168 valence electrons. The predicted octanol–water partition coefficient (Wildman–Crippen LogP) is 5.60. The van der Waals surface area contributed by atoms with Crippen LogP contribution in [0.25, 0.3) is 22.6 Å². The number of hydrogen-bond acceptors (Lipinski definition) is 6. The van der Waals surface area contributed by atoms with Crippen molar-refractivity contribution in [1.29, 1.82) is 0 Å². The zero-order chi connectivity index (χ0) is 23.5. The molecule has 9 heteroatoms. The van der Waals surface area contributed by atoms with Crippen molar-refractivity contribution in [3.63, 3.8) is 0 Å². The Labute approximate surface area is 200 Å². The lowest BCUT2D eigenvalue weighted by Crippen LogP contribution is -2.34. The summed E-state index contributed by atoms with van der Waals surface area (Å²) in [4.78, 5) is 17.4. The Morgan fingerprint density at radius 3 is 2.45 bits per heavy atom. The van der Waals surface area contributed by atoms with E-state index in [2.05, 4.69) is 15.6 Å². The number of rotatable bonds is 5. The number of ether oxygens (including phenoxy) is 2. The first-order valence-electron chi connectivity index (χ1n) is 9.90. The Morgan fingerprint density at radius 1 is 1.06 bits per heavy atom. The monoisotopic (exact) mass is 481 g/mol. The Balaban J connectivity index is 1.56. The van der Waals surface area contributed by atoms with Gasteiger partial charge in [0.05, 0.1) is 14.2 Å². The Hall–Kier alpha value is -3.62. The van der Waals surface area contributed by atoms with E-state index < -0.39 is 5.91 Å². The van der Waals surface area contributed by atoms with Crippen LogP contribution in [0.1, 0.15) is 15.9 Å². The summed E-state index contributed by atoms with van der Waals surface area (Å²) in [5.41, 5.74) is 3.89. The van der Waals surface area contributed by atoms with Crippen molar-refractivity contribution in [3.05, 3.63) is 70.7 Å². The van der Waals surface area contributed by atoms with Gasteiger partial charge in [-0.3, -0.25) is 10.1 Å². The minimum atomic E-state index is -0.452. The largest absolute Gasteiger partial charge is 0.496 e. The van der Waals surface area contributed by atoms with Gasteiger partial charge in [0.15, 0.2) is 10.7 Å². The highest BCUT2D eigenvalue weighted by Crippen LogP contribution is 2.32. The van der Waals surface area contributed by atoms with Gasteiger partial charge in [0.1, 0.15) is 22.6 Å². The number of nitrogens with one attached hydrogen (secondary N) is 2. The average molecular weight is 482 g/mol. The lowest BCUT2D eigenvalue weighted by molar-refractivity contribution is 0.0971. The van der Waals surface area contributed by atoms with Crippen molar-refractivity contribution in [1.82, 2.24) is 10.3 Å². The molecular formula is C24H20ClN3O4S. The topological polar surface area (TPSA) is 85.6 Å². The third-order valence-electron chi connectivity index (χ3n) is 5.04. The second-order valence-corrected chi connectivity index (χ2v) is 7.90. The molecule has 1 aromatic heterocycles. The van der Waals surface area contributed by atoms with Gasteiger partial charge in [0, 0.05) is 16.3 Å². The van der Waals surface area contributed by atoms with Crippen LogP contribution < -0.4 is 20.1 Å². The molecule has 0 radical (unpaired) electrons. The van der Waals surface area contributed by atoms with Crippen LogP contribution in [0.4, 0.5) is 5.69 Å². The van der Waals surface area contributed by atoms with Gasteiger partial charge in [-0.15, -0.1) is 0 Å². The molecule has 4 aromatic rings. The molecule has 0 bridgehead atoms. The zero-order valence-corrected chi connectivity index (χ0v) is 19.6. The fourth-order valence-electron chi connectivity index (χ4n) is 3.41. The van der Waals surface area contributed by atoms with Crippen LogP contribution in [0.2, 0.25) is 5.02 Å². The molecule has 2 N–H and O–H groups in total.